The van der Waals surface area contributed by atoms with E-state index in [1.54, 1.807) is 31.6 Å². The van der Waals surface area contributed by atoms with Crippen LogP contribution in [0.25, 0.3) is 0 Å². The van der Waals surface area contributed by atoms with Gasteiger partial charge in [0.15, 0.2) is 0 Å². The third kappa shape index (κ3) is 3.73. The van der Waals surface area contributed by atoms with Crippen LogP contribution in [0.1, 0.15) is 23.0 Å². The Bertz CT molecular complexity index is 706. The largest absolute Gasteiger partial charge is 0.467 e. The summed E-state index contributed by atoms with van der Waals surface area (Å²) in [6.45, 7) is 4.76. The van der Waals surface area contributed by atoms with E-state index < -0.39 is 0 Å². The van der Waals surface area contributed by atoms with Gasteiger partial charge in [-0.05, 0) is 18.2 Å². The topological polar surface area (TPSA) is 78.7 Å². The molecular formula is C17H20N4O3. The first kappa shape index (κ1) is 16.0. The molecular weight excluding hydrogens is 308 g/mol. The Balaban J connectivity index is 1.61. The molecule has 1 saturated heterocycles. The van der Waals surface area contributed by atoms with Gasteiger partial charge in [-0.25, -0.2) is 0 Å². The quantitative estimate of drug-likeness (QED) is 0.914. The first-order valence-corrected chi connectivity index (χ1v) is 7.89. The molecule has 126 valence electrons. The van der Waals surface area contributed by atoms with Crippen LogP contribution in [0.15, 0.2) is 41.3 Å². The second-order valence-electron chi connectivity index (χ2n) is 5.69. The van der Waals surface area contributed by atoms with Crippen molar-refractivity contribution in [3.05, 3.63) is 48.2 Å². The van der Waals surface area contributed by atoms with Crippen LogP contribution in [0.3, 0.4) is 0 Å². The average Bonchev–Trinajstić information content (AvgIpc) is 3.13. The van der Waals surface area contributed by atoms with Crippen LogP contribution in [-0.4, -0.2) is 47.9 Å². The van der Waals surface area contributed by atoms with E-state index in [9.17, 15) is 9.59 Å². The standard InChI is InChI=1S/C17H20N4O3/c1-13(22)20-4-6-21(7-5-20)15-9-14(10-18-11-15)17(23)19-12-16-3-2-8-24-16/h2-3,8-11H,4-7,12H2,1H3,(H,19,23). The Hall–Kier alpha value is -2.83. The van der Waals surface area contributed by atoms with E-state index in [1.165, 1.54) is 0 Å². The molecule has 0 saturated carbocycles. The summed E-state index contributed by atoms with van der Waals surface area (Å²) in [7, 11) is 0. The van der Waals surface area contributed by atoms with Gasteiger partial charge in [0.1, 0.15) is 5.76 Å². The molecule has 3 heterocycles. The summed E-state index contributed by atoms with van der Waals surface area (Å²) in [6.07, 6.45) is 4.86. The number of aromatic nitrogens is 1. The molecule has 0 bridgehead atoms. The zero-order chi connectivity index (χ0) is 16.9. The number of hydrogen-bond donors (Lipinski definition) is 1. The Labute approximate surface area is 140 Å². The van der Waals surface area contributed by atoms with Gasteiger partial charge in [0.2, 0.25) is 5.91 Å². The third-order valence-corrected chi connectivity index (χ3v) is 4.08. The van der Waals surface area contributed by atoms with Gasteiger partial charge in [0.05, 0.1) is 30.3 Å². The van der Waals surface area contributed by atoms with Crippen molar-refractivity contribution in [2.75, 3.05) is 31.1 Å². The van der Waals surface area contributed by atoms with Gasteiger partial charge in [-0.15, -0.1) is 0 Å². The smallest absolute Gasteiger partial charge is 0.253 e. The minimum absolute atomic E-state index is 0.0961. The van der Waals surface area contributed by atoms with Gasteiger partial charge in [-0.1, -0.05) is 0 Å². The Morgan fingerprint density at radius 1 is 1.25 bits per heavy atom. The molecule has 1 N–H and O–H groups in total. The number of nitrogens with one attached hydrogen (secondary N) is 1. The molecule has 3 rings (SSSR count). The number of piperazine rings is 1. The highest BCUT2D eigenvalue weighted by Gasteiger charge is 2.19. The Morgan fingerprint density at radius 3 is 2.71 bits per heavy atom. The van der Waals surface area contributed by atoms with Crippen molar-refractivity contribution in [2.45, 2.75) is 13.5 Å². The minimum atomic E-state index is -0.192. The van der Waals surface area contributed by atoms with Crippen LogP contribution >= 0.6 is 0 Å². The SMILES string of the molecule is CC(=O)N1CCN(c2cncc(C(=O)NCc3ccco3)c2)CC1. The lowest BCUT2D eigenvalue weighted by Gasteiger charge is -2.35. The average molecular weight is 328 g/mol. The van der Waals surface area contributed by atoms with Crippen LogP contribution in [0, 0.1) is 0 Å². The second kappa shape index (κ2) is 7.16. The zero-order valence-electron chi connectivity index (χ0n) is 13.6. The molecule has 2 aromatic heterocycles. The fourth-order valence-corrected chi connectivity index (χ4v) is 2.69. The predicted molar refractivity (Wildman–Crippen MR) is 88.6 cm³/mol. The molecule has 1 aliphatic heterocycles. The van der Waals surface area contributed by atoms with Crippen LogP contribution < -0.4 is 10.2 Å². The highest BCUT2D eigenvalue weighted by atomic mass is 16.3. The molecule has 7 nitrogen and oxygen atoms in total. The Morgan fingerprint density at radius 2 is 2.04 bits per heavy atom. The molecule has 24 heavy (non-hydrogen) atoms. The van der Waals surface area contributed by atoms with E-state index in [0.29, 0.717) is 31.0 Å². The molecule has 2 aromatic rings. The summed E-state index contributed by atoms with van der Waals surface area (Å²) in [5, 5.41) is 2.81. The van der Waals surface area contributed by atoms with Gasteiger partial charge in [0.25, 0.3) is 5.91 Å². The van der Waals surface area contributed by atoms with Crippen molar-refractivity contribution < 1.29 is 14.0 Å². The summed E-state index contributed by atoms with van der Waals surface area (Å²) in [5.74, 6) is 0.606. The molecule has 0 radical (unpaired) electrons. The van der Waals surface area contributed by atoms with Crippen molar-refractivity contribution in [3.63, 3.8) is 0 Å². The number of carbonyl (C=O) groups is 2. The lowest BCUT2D eigenvalue weighted by molar-refractivity contribution is -0.129. The summed E-state index contributed by atoms with van der Waals surface area (Å²) in [4.78, 5) is 31.8. The van der Waals surface area contributed by atoms with Crippen molar-refractivity contribution >= 4 is 17.5 Å². The number of nitrogens with zero attached hydrogens (tertiary/aromatic N) is 3. The van der Waals surface area contributed by atoms with Gasteiger partial charge < -0.3 is 19.5 Å². The van der Waals surface area contributed by atoms with Crippen molar-refractivity contribution in [3.8, 4) is 0 Å². The number of anilines is 1. The zero-order valence-corrected chi connectivity index (χ0v) is 13.6. The van der Waals surface area contributed by atoms with E-state index in [1.807, 2.05) is 17.0 Å². The van der Waals surface area contributed by atoms with Crippen molar-refractivity contribution in [2.24, 2.45) is 0 Å². The van der Waals surface area contributed by atoms with E-state index in [-0.39, 0.29) is 11.8 Å². The lowest BCUT2D eigenvalue weighted by atomic mass is 10.2. The van der Waals surface area contributed by atoms with Gasteiger partial charge >= 0.3 is 0 Å². The number of rotatable bonds is 4. The fraction of sp³-hybridized carbons (Fsp3) is 0.353. The molecule has 0 aromatic carbocycles. The molecule has 0 aliphatic carbocycles. The maximum absolute atomic E-state index is 12.3. The molecule has 7 heteroatoms. The summed E-state index contributed by atoms with van der Waals surface area (Å²) >= 11 is 0. The molecule has 0 atom stereocenters. The first-order chi connectivity index (χ1) is 11.6. The summed E-state index contributed by atoms with van der Waals surface area (Å²) in [6, 6.07) is 5.42. The number of amides is 2. The van der Waals surface area contributed by atoms with Crippen LogP contribution in [0.4, 0.5) is 5.69 Å². The van der Waals surface area contributed by atoms with Crippen LogP contribution in [-0.2, 0) is 11.3 Å². The summed E-state index contributed by atoms with van der Waals surface area (Å²) < 4.78 is 5.20. The highest BCUT2D eigenvalue weighted by Crippen LogP contribution is 2.17. The van der Waals surface area contributed by atoms with Gasteiger partial charge in [0, 0.05) is 39.3 Å². The van der Waals surface area contributed by atoms with E-state index >= 15 is 0 Å². The number of hydrogen-bond acceptors (Lipinski definition) is 5. The van der Waals surface area contributed by atoms with Crippen LogP contribution in [0.2, 0.25) is 0 Å². The Kier molecular flexibility index (Phi) is 4.79. The first-order valence-electron chi connectivity index (χ1n) is 7.89. The predicted octanol–water partition coefficient (Wildman–Crippen LogP) is 1.27. The van der Waals surface area contributed by atoms with E-state index in [0.717, 1.165) is 18.8 Å². The number of pyridine rings is 1. The van der Waals surface area contributed by atoms with Crippen molar-refractivity contribution in [1.82, 2.24) is 15.2 Å². The summed E-state index contributed by atoms with van der Waals surface area (Å²) in [5.41, 5.74) is 1.40. The monoisotopic (exact) mass is 328 g/mol. The maximum atomic E-state index is 12.3. The second-order valence-corrected chi connectivity index (χ2v) is 5.69. The molecule has 1 aliphatic rings. The normalized spacial score (nSPS) is 14.5. The lowest BCUT2D eigenvalue weighted by Crippen LogP contribution is -2.48. The highest BCUT2D eigenvalue weighted by molar-refractivity contribution is 5.94. The van der Waals surface area contributed by atoms with Crippen molar-refractivity contribution in [1.29, 1.82) is 0 Å². The molecule has 2 amide bonds. The fourth-order valence-electron chi connectivity index (χ4n) is 2.69. The molecule has 1 fully saturated rings. The van der Waals surface area contributed by atoms with E-state index in [4.69, 9.17) is 4.42 Å². The van der Waals surface area contributed by atoms with E-state index in [2.05, 4.69) is 15.2 Å². The molecule has 0 spiro atoms. The third-order valence-electron chi connectivity index (χ3n) is 4.08. The maximum Gasteiger partial charge on any atom is 0.253 e. The minimum Gasteiger partial charge on any atom is -0.467 e. The molecule has 0 unspecified atom stereocenters. The van der Waals surface area contributed by atoms with Gasteiger partial charge in [-0.3, -0.25) is 14.6 Å². The number of carbonyl (C=O) groups excluding carboxylic acids is 2. The van der Waals surface area contributed by atoms with Crippen LogP contribution in [0.5, 0.6) is 0 Å². The van der Waals surface area contributed by atoms with Gasteiger partial charge in [-0.2, -0.15) is 0 Å². The number of furan rings is 1.